The molecule has 1 rings (SSSR count). The molecule has 0 aromatic carbocycles. The summed E-state index contributed by atoms with van der Waals surface area (Å²) in [5.74, 6) is 3.90. The predicted octanol–water partition coefficient (Wildman–Crippen LogP) is 2.88. The van der Waals surface area contributed by atoms with Crippen molar-refractivity contribution in [3.63, 3.8) is 0 Å². The van der Waals surface area contributed by atoms with Crippen molar-refractivity contribution in [2.75, 3.05) is 11.9 Å². The first kappa shape index (κ1) is 14.7. The molecule has 0 aliphatic carbocycles. The van der Waals surface area contributed by atoms with Gasteiger partial charge in [-0.1, -0.05) is 18.5 Å². The van der Waals surface area contributed by atoms with Crippen molar-refractivity contribution in [1.29, 1.82) is 0 Å². The number of nitrogens with zero attached hydrogens (tertiary/aromatic N) is 2. The van der Waals surface area contributed by atoms with E-state index in [4.69, 9.17) is 22.8 Å². The molecule has 0 amide bonds. The molecular formula is C13H18ClN3O. The highest BCUT2D eigenvalue weighted by Gasteiger charge is 2.08. The first-order valence-corrected chi connectivity index (χ1v) is 6.38. The van der Waals surface area contributed by atoms with Gasteiger partial charge in [-0.2, -0.15) is 0 Å². The molecule has 0 aliphatic heterocycles. The lowest BCUT2D eigenvalue weighted by molar-refractivity contribution is 0.128. The summed E-state index contributed by atoms with van der Waals surface area (Å²) in [6.07, 6.45) is 6.89. The first-order chi connectivity index (χ1) is 8.69. The minimum atomic E-state index is 0.195. The monoisotopic (exact) mass is 267 g/mol. The third-order valence-corrected chi connectivity index (χ3v) is 2.58. The Morgan fingerprint density at radius 1 is 1.50 bits per heavy atom. The Morgan fingerprint density at radius 2 is 2.28 bits per heavy atom. The van der Waals surface area contributed by atoms with E-state index in [1.165, 1.54) is 0 Å². The summed E-state index contributed by atoms with van der Waals surface area (Å²) in [5.41, 5.74) is 0. The molecule has 0 saturated carbocycles. The lowest BCUT2D eigenvalue weighted by Gasteiger charge is -2.15. The van der Waals surface area contributed by atoms with E-state index in [9.17, 15) is 0 Å². The van der Waals surface area contributed by atoms with E-state index in [-0.39, 0.29) is 6.04 Å². The maximum absolute atomic E-state index is 5.95. The molecule has 0 spiro atoms. The van der Waals surface area contributed by atoms with Crippen LogP contribution in [0.3, 0.4) is 0 Å². The van der Waals surface area contributed by atoms with Gasteiger partial charge in [-0.3, -0.25) is 0 Å². The molecule has 0 saturated heterocycles. The van der Waals surface area contributed by atoms with Crippen LogP contribution in [0.5, 0.6) is 0 Å². The number of hydrogen-bond acceptors (Lipinski definition) is 4. The highest BCUT2D eigenvalue weighted by atomic mass is 35.5. The normalized spacial score (nSPS) is 11.9. The lowest BCUT2D eigenvalue weighted by atomic mass is 10.1. The van der Waals surface area contributed by atoms with Gasteiger partial charge in [-0.25, -0.2) is 9.97 Å². The third-order valence-electron chi connectivity index (χ3n) is 2.39. The van der Waals surface area contributed by atoms with Crippen LogP contribution in [0.25, 0.3) is 0 Å². The fraction of sp³-hybridized carbons (Fsp3) is 0.538. The molecule has 1 aromatic rings. The van der Waals surface area contributed by atoms with Gasteiger partial charge in [-0.15, -0.1) is 12.3 Å². The van der Waals surface area contributed by atoms with Gasteiger partial charge in [0.2, 0.25) is 0 Å². The number of nitrogens with one attached hydrogen (secondary N) is 1. The summed E-state index contributed by atoms with van der Waals surface area (Å²) in [4.78, 5) is 8.44. The van der Waals surface area contributed by atoms with Crippen LogP contribution >= 0.6 is 11.6 Å². The highest BCUT2D eigenvalue weighted by Crippen LogP contribution is 2.14. The summed E-state index contributed by atoms with van der Waals surface area (Å²) in [7, 11) is 0. The molecule has 4 nitrogen and oxygen atoms in total. The Labute approximate surface area is 113 Å². The summed E-state index contributed by atoms with van der Waals surface area (Å²) >= 11 is 5.95. The van der Waals surface area contributed by atoms with Crippen molar-refractivity contribution in [2.24, 2.45) is 0 Å². The summed E-state index contributed by atoms with van der Waals surface area (Å²) < 4.78 is 5.26. The van der Waals surface area contributed by atoms with Crippen LogP contribution in [-0.4, -0.2) is 22.6 Å². The Bertz CT molecular complexity index is 417. The van der Waals surface area contributed by atoms with Crippen molar-refractivity contribution in [3.05, 3.63) is 17.0 Å². The Kier molecular flexibility index (Phi) is 6.48. The maximum atomic E-state index is 5.95. The molecule has 1 aromatic heterocycles. The van der Waals surface area contributed by atoms with E-state index in [1.54, 1.807) is 6.07 Å². The third kappa shape index (κ3) is 4.91. The summed E-state index contributed by atoms with van der Waals surface area (Å²) in [6, 6.07) is 1.89. The van der Waals surface area contributed by atoms with Crippen LogP contribution in [0.15, 0.2) is 6.07 Å². The molecular weight excluding hydrogens is 250 g/mol. The van der Waals surface area contributed by atoms with Crippen molar-refractivity contribution in [2.45, 2.75) is 39.3 Å². The maximum Gasteiger partial charge on any atom is 0.158 e. The number of halogens is 1. The van der Waals surface area contributed by atoms with Crippen LogP contribution in [0.2, 0.25) is 5.15 Å². The second kappa shape index (κ2) is 7.91. The van der Waals surface area contributed by atoms with Crippen LogP contribution in [0, 0.1) is 12.3 Å². The molecule has 1 atom stereocenters. The Balaban J connectivity index is 2.75. The van der Waals surface area contributed by atoms with Gasteiger partial charge in [0.25, 0.3) is 0 Å². The van der Waals surface area contributed by atoms with Gasteiger partial charge in [0.15, 0.2) is 5.82 Å². The fourth-order valence-corrected chi connectivity index (χ4v) is 1.65. The lowest BCUT2D eigenvalue weighted by Crippen LogP contribution is -2.19. The topological polar surface area (TPSA) is 47.0 Å². The molecule has 1 heterocycles. The second-order valence-corrected chi connectivity index (χ2v) is 4.17. The van der Waals surface area contributed by atoms with E-state index in [1.807, 2.05) is 6.92 Å². The predicted molar refractivity (Wildman–Crippen MR) is 73.5 cm³/mol. The van der Waals surface area contributed by atoms with Gasteiger partial charge in [0.05, 0.1) is 0 Å². The van der Waals surface area contributed by atoms with Gasteiger partial charge >= 0.3 is 0 Å². The minimum Gasteiger partial charge on any atom is -0.374 e. The van der Waals surface area contributed by atoms with Gasteiger partial charge in [0.1, 0.15) is 17.6 Å². The average Bonchev–Trinajstić information content (AvgIpc) is 2.35. The largest absolute Gasteiger partial charge is 0.374 e. The number of anilines is 1. The second-order valence-electron chi connectivity index (χ2n) is 3.79. The molecule has 0 bridgehead atoms. The van der Waals surface area contributed by atoms with E-state index < -0.39 is 0 Å². The van der Waals surface area contributed by atoms with Gasteiger partial charge in [-0.05, 0) is 13.3 Å². The van der Waals surface area contributed by atoms with E-state index >= 15 is 0 Å². The van der Waals surface area contributed by atoms with Crippen molar-refractivity contribution in [1.82, 2.24) is 9.97 Å². The van der Waals surface area contributed by atoms with E-state index in [0.717, 1.165) is 6.42 Å². The Morgan fingerprint density at radius 3 is 2.89 bits per heavy atom. The molecule has 0 radical (unpaired) electrons. The summed E-state index contributed by atoms with van der Waals surface area (Å²) in [5, 5.41) is 3.65. The quantitative estimate of drug-likeness (QED) is 0.610. The Hall–Kier alpha value is -1.31. The smallest absolute Gasteiger partial charge is 0.158 e. The molecule has 98 valence electrons. The average molecular weight is 268 g/mol. The summed E-state index contributed by atoms with van der Waals surface area (Å²) in [6.45, 7) is 4.97. The van der Waals surface area contributed by atoms with Gasteiger partial charge in [0, 0.05) is 25.1 Å². The molecule has 18 heavy (non-hydrogen) atoms. The zero-order chi connectivity index (χ0) is 13.4. The van der Waals surface area contributed by atoms with Crippen LogP contribution < -0.4 is 5.32 Å². The molecule has 1 N–H and O–H groups in total. The first-order valence-electron chi connectivity index (χ1n) is 6.00. The van der Waals surface area contributed by atoms with Crippen molar-refractivity contribution in [3.8, 4) is 12.3 Å². The molecule has 0 aliphatic rings. The van der Waals surface area contributed by atoms with Crippen molar-refractivity contribution >= 4 is 17.4 Å². The standard InChI is InChI=1S/C13H18ClN3O/c1-4-7-10(5-2)15-12-8-11(14)16-13(17-12)9-18-6-3/h1,8,10H,5-7,9H2,2-3H3,(H,15,16,17). The zero-order valence-corrected chi connectivity index (χ0v) is 11.5. The molecule has 5 heteroatoms. The number of hydrogen-bond donors (Lipinski definition) is 1. The zero-order valence-electron chi connectivity index (χ0n) is 10.7. The van der Waals surface area contributed by atoms with Crippen LogP contribution in [-0.2, 0) is 11.3 Å². The van der Waals surface area contributed by atoms with Crippen molar-refractivity contribution < 1.29 is 4.74 Å². The fourth-order valence-electron chi connectivity index (χ4n) is 1.45. The van der Waals surface area contributed by atoms with Crippen LogP contribution in [0.1, 0.15) is 32.5 Å². The van der Waals surface area contributed by atoms with Gasteiger partial charge < -0.3 is 10.1 Å². The number of rotatable bonds is 7. The van der Waals surface area contributed by atoms with E-state index in [0.29, 0.717) is 36.4 Å². The number of terminal acetylenes is 1. The minimum absolute atomic E-state index is 0.195. The van der Waals surface area contributed by atoms with Crippen LogP contribution in [0.4, 0.5) is 5.82 Å². The SMILES string of the molecule is C#CCC(CC)Nc1cc(Cl)nc(COCC)n1. The van der Waals surface area contributed by atoms with E-state index in [2.05, 4.69) is 28.1 Å². The molecule has 1 unspecified atom stereocenters. The molecule has 0 fully saturated rings. The number of aromatic nitrogens is 2. The number of ether oxygens (including phenoxy) is 1. The highest BCUT2D eigenvalue weighted by molar-refractivity contribution is 6.29.